The number of aryl methyl sites for hydroxylation is 2. The first-order valence-electron chi connectivity index (χ1n) is 10.1. The quantitative estimate of drug-likeness (QED) is 0.802. The molecule has 3 heterocycles. The Morgan fingerprint density at radius 1 is 1.15 bits per heavy atom. The highest BCUT2D eigenvalue weighted by Crippen LogP contribution is 2.26. The number of hydrogen-bond donors (Lipinski definition) is 0. The number of thiazole rings is 1. The zero-order chi connectivity index (χ0) is 18.8. The van der Waals surface area contributed by atoms with Crippen molar-refractivity contribution in [1.29, 1.82) is 0 Å². The van der Waals surface area contributed by atoms with Crippen molar-refractivity contribution < 1.29 is 4.79 Å². The minimum absolute atomic E-state index is 0.344. The molecule has 2 aromatic rings. The van der Waals surface area contributed by atoms with E-state index >= 15 is 0 Å². The van der Waals surface area contributed by atoms with E-state index in [1.165, 1.54) is 21.7 Å². The van der Waals surface area contributed by atoms with Crippen LogP contribution in [0.4, 0.5) is 0 Å². The van der Waals surface area contributed by atoms with Gasteiger partial charge in [0.2, 0.25) is 5.91 Å². The molecule has 4 rings (SSSR count). The molecular weight excluding hydrogens is 354 g/mol. The van der Waals surface area contributed by atoms with Crippen molar-refractivity contribution in [3.63, 3.8) is 0 Å². The summed E-state index contributed by atoms with van der Waals surface area (Å²) >= 11 is 1.82. The molecule has 1 saturated heterocycles. The highest BCUT2D eigenvalue weighted by molar-refractivity contribution is 7.11. The zero-order valence-corrected chi connectivity index (χ0v) is 17.2. The van der Waals surface area contributed by atoms with E-state index in [0.29, 0.717) is 18.2 Å². The van der Waals surface area contributed by atoms with Gasteiger partial charge in [-0.3, -0.25) is 9.69 Å². The maximum absolute atomic E-state index is 12.8. The van der Waals surface area contributed by atoms with Gasteiger partial charge in [-0.2, -0.15) is 0 Å². The number of piperidine rings is 1. The fraction of sp³-hybridized carbons (Fsp3) is 0.545. The van der Waals surface area contributed by atoms with Crippen molar-refractivity contribution in [3.8, 4) is 0 Å². The first kappa shape index (κ1) is 18.6. The van der Waals surface area contributed by atoms with Gasteiger partial charge >= 0.3 is 0 Å². The molecule has 0 saturated carbocycles. The van der Waals surface area contributed by atoms with E-state index < -0.39 is 0 Å². The summed E-state index contributed by atoms with van der Waals surface area (Å²) in [5.74, 6) is 0.882. The van der Waals surface area contributed by atoms with Gasteiger partial charge < -0.3 is 4.90 Å². The van der Waals surface area contributed by atoms with Crippen molar-refractivity contribution >= 4 is 17.2 Å². The standard InChI is InChI=1S/C22H29N3OS/c1-16-21(27-17(2)23-16)15-24-10-7-18(8-11-24)13-22(26)25-12-9-19-5-3-4-6-20(19)14-25/h3-6,18H,7-15H2,1-2H3. The summed E-state index contributed by atoms with van der Waals surface area (Å²) in [5, 5.41) is 1.16. The van der Waals surface area contributed by atoms with Gasteiger partial charge in [0.1, 0.15) is 0 Å². The zero-order valence-electron chi connectivity index (χ0n) is 16.4. The summed E-state index contributed by atoms with van der Waals surface area (Å²) < 4.78 is 0. The van der Waals surface area contributed by atoms with Crippen LogP contribution in [0.3, 0.4) is 0 Å². The Morgan fingerprint density at radius 3 is 2.59 bits per heavy atom. The first-order valence-corrected chi connectivity index (χ1v) is 10.9. The van der Waals surface area contributed by atoms with Crippen LogP contribution in [0.25, 0.3) is 0 Å². The van der Waals surface area contributed by atoms with Crippen LogP contribution in [0, 0.1) is 19.8 Å². The Hall–Kier alpha value is -1.72. The molecular formula is C22H29N3OS. The lowest BCUT2D eigenvalue weighted by molar-refractivity contribution is -0.133. The van der Waals surface area contributed by atoms with Crippen molar-refractivity contribution in [2.45, 2.75) is 52.6 Å². The van der Waals surface area contributed by atoms with E-state index in [0.717, 1.165) is 57.0 Å². The molecule has 0 bridgehead atoms. The number of likely N-dealkylation sites (tertiary alicyclic amines) is 1. The topological polar surface area (TPSA) is 36.4 Å². The molecule has 0 atom stereocenters. The van der Waals surface area contributed by atoms with Crippen LogP contribution in [0.1, 0.15) is 46.0 Å². The summed E-state index contributed by atoms with van der Waals surface area (Å²) in [6.07, 6.45) is 3.97. The molecule has 0 N–H and O–H groups in total. The second-order valence-corrected chi connectivity index (χ2v) is 9.29. The van der Waals surface area contributed by atoms with Crippen LogP contribution in [0.2, 0.25) is 0 Å². The average molecular weight is 384 g/mol. The molecule has 0 aliphatic carbocycles. The molecule has 1 amide bonds. The van der Waals surface area contributed by atoms with Gasteiger partial charge in [0, 0.05) is 30.9 Å². The summed E-state index contributed by atoms with van der Waals surface area (Å²) in [7, 11) is 0. The maximum atomic E-state index is 12.8. The molecule has 2 aliphatic heterocycles. The molecule has 5 heteroatoms. The third-order valence-corrected chi connectivity index (χ3v) is 7.08. The Morgan fingerprint density at radius 2 is 1.89 bits per heavy atom. The van der Waals surface area contributed by atoms with Crippen LogP contribution < -0.4 is 0 Å². The van der Waals surface area contributed by atoms with E-state index in [1.54, 1.807) is 0 Å². The third kappa shape index (κ3) is 4.41. The van der Waals surface area contributed by atoms with Crippen molar-refractivity contribution in [3.05, 3.63) is 51.0 Å². The third-order valence-electron chi connectivity index (χ3n) is 6.02. The molecule has 0 radical (unpaired) electrons. The van der Waals surface area contributed by atoms with Gasteiger partial charge in [-0.25, -0.2) is 4.98 Å². The van der Waals surface area contributed by atoms with Crippen molar-refractivity contribution in [2.75, 3.05) is 19.6 Å². The van der Waals surface area contributed by atoms with E-state index in [4.69, 9.17) is 0 Å². The van der Waals surface area contributed by atoms with Gasteiger partial charge in [0.05, 0.1) is 10.7 Å². The highest BCUT2D eigenvalue weighted by Gasteiger charge is 2.26. The minimum atomic E-state index is 0.344. The number of carbonyl (C=O) groups is 1. The van der Waals surface area contributed by atoms with Crippen LogP contribution in [0.15, 0.2) is 24.3 Å². The molecule has 1 aromatic carbocycles. The Kier molecular flexibility index (Phi) is 5.60. The van der Waals surface area contributed by atoms with E-state index in [1.807, 2.05) is 11.3 Å². The number of hydrogen-bond acceptors (Lipinski definition) is 4. The molecule has 27 heavy (non-hydrogen) atoms. The molecule has 2 aliphatic rings. The fourth-order valence-electron chi connectivity index (χ4n) is 4.36. The number of aromatic nitrogens is 1. The second-order valence-electron chi connectivity index (χ2n) is 8.00. The van der Waals surface area contributed by atoms with Crippen LogP contribution in [-0.4, -0.2) is 40.3 Å². The summed E-state index contributed by atoms with van der Waals surface area (Å²) in [6.45, 7) is 9.06. The largest absolute Gasteiger partial charge is 0.338 e. The van der Waals surface area contributed by atoms with Gasteiger partial charge in [-0.15, -0.1) is 11.3 Å². The predicted molar refractivity (Wildman–Crippen MR) is 110 cm³/mol. The summed E-state index contributed by atoms with van der Waals surface area (Å²) in [4.78, 5) is 23.3. The van der Waals surface area contributed by atoms with Crippen LogP contribution in [0.5, 0.6) is 0 Å². The molecule has 0 spiro atoms. The monoisotopic (exact) mass is 383 g/mol. The highest BCUT2D eigenvalue weighted by atomic mass is 32.1. The summed E-state index contributed by atoms with van der Waals surface area (Å²) in [6, 6.07) is 8.53. The van der Waals surface area contributed by atoms with Crippen molar-refractivity contribution in [1.82, 2.24) is 14.8 Å². The molecule has 0 unspecified atom stereocenters. The van der Waals surface area contributed by atoms with Crippen LogP contribution in [-0.2, 0) is 24.3 Å². The number of rotatable bonds is 4. The first-order chi connectivity index (χ1) is 13.1. The fourth-order valence-corrected chi connectivity index (χ4v) is 5.34. The van der Waals surface area contributed by atoms with Crippen LogP contribution >= 0.6 is 11.3 Å². The minimum Gasteiger partial charge on any atom is -0.338 e. The number of carbonyl (C=O) groups excluding carboxylic acids is 1. The van der Waals surface area contributed by atoms with Gasteiger partial charge in [0.25, 0.3) is 0 Å². The van der Waals surface area contributed by atoms with E-state index in [9.17, 15) is 4.79 Å². The van der Waals surface area contributed by atoms with Crippen molar-refractivity contribution in [2.24, 2.45) is 5.92 Å². The number of nitrogens with zero attached hydrogens (tertiary/aromatic N) is 3. The van der Waals surface area contributed by atoms with E-state index in [-0.39, 0.29) is 0 Å². The molecule has 144 valence electrons. The number of fused-ring (bicyclic) bond motifs is 1. The maximum Gasteiger partial charge on any atom is 0.223 e. The molecule has 1 fully saturated rings. The lowest BCUT2D eigenvalue weighted by Crippen LogP contribution is -2.39. The van der Waals surface area contributed by atoms with Gasteiger partial charge in [-0.05, 0) is 63.2 Å². The Labute approximate surface area is 166 Å². The predicted octanol–water partition coefficient (Wildman–Crippen LogP) is 3.95. The SMILES string of the molecule is Cc1nc(C)c(CN2CCC(CC(=O)N3CCc4ccccc4C3)CC2)s1. The number of amides is 1. The normalized spacial score (nSPS) is 18.5. The Bertz CT molecular complexity index is 808. The molecule has 4 nitrogen and oxygen atoms in total. The molecule has 1 aromatic heterocycles. The smallest absolute Gasteiger partial charge is 0.223 e. The lowest BCUT2D eigenvalue weighted by Gasteiger charge is -2.34. The van der Waals surface area contributed by atoms with E-state index in [2.05, 4.69) is 52.9 Å². The lowest BCUT2D eigenvalue weighted by atomic mass is 9.92. The Balaban J connectivity index is 1.26. The van der Waals surface area contributed by atoms with Gasteiger partial charge in [-0.1, -0.05) is 24.3 Å². The summed E-state index contributed by atoms with van der Waals surface area (Å²) in [5.41, 5.74) is 3.91. The average Bonchev–Trinajstić information content (AvgIpc) is 2.99. The van der Waals surface area contributed by atoms with Gasteiger partial charge in [0.15, 0.2) is 0 Å². The second kappa shape index (κ2) is 8.11. The number of benzene rings is 1.